The number of nitrogens with one attached hydrogen (secondary N) is 1. The fourth-order valence-electron chi connectivity index (χ4n) is 3.28. The molecule has 0 saturated carbocycles. The van der Waals surface area contributed by atoms with Gasteiger partial charge >= 0.3 is 0 Å². The van der Waals surface area contributed by atoms with Gasteiger partial charge in [-0.3, -0.25) is 0 Å². The quantitative estimate of drug-likeness (QED) is 0.346. The molecule has 0 bridgehead atoms. The van der Waals surface area contributed by atoms with Crippen LogP contribution in [0.4, 0.5) is 0 Å². The maximum Gasteiger partial charge on any atom is 0.194 e. The normalized spacial score (nSPS) is 15.9. The highest BCUT2D eigenvalue weighted by Crippen LogP contribution is 2.15. The summed E-state index contributed by atoms with van der Waals surface area (Å²) in [7, 11) is 1.73. The van der Waals surface area contributed by atoms with Gasteiger partial charge in [0, 0.05) is 40.0 Å². The van der Waals surface area contributed by atoms with Crippen LogP contribution in [0.1, 0.15) is 51.2 Å². The van der Waals surface area contributed by atoms with Crippen LogP contribution in [0, 0.1) is 0 Å². The molecule has 1 heterocycles. The molecule has 1 aromatic carbocycles. The van der Waals surface area contributed by atoms with Gasteiger partial charge in [0.05, 0.1) is 25.4 Å². The third-order valence-electron chi connectivity index (χ3n) is 4.94. The van der Waals surface area contributed by atoms with Gasteiger partial charge in [0.1, 0.15) is 0 Å². The van der Waals surface area contributed by atoms with E-state index in [1.165, 1.54) is 11.1 Å². The van der Waals surface area contributed by atoms with Crippen LogP contribution in [-0.4, -0.2) is 63.0 Å². The monoisotopic (exact) mass is 405 g/mol. The molecule has 1 aliphatic rings. The number of aliphatic imine (C=N–C) groups is 1. The first kappa shape index (κ1) is 23.6. The van der Waals surface area contributed by atoms with Gasteiger partial charge in [-0.25, -0.2) is 4.99 Å². The number of nitrogens with zero attached hydrogens (tertiary/aromatic N) is 2. The third kappa shape index (κ3) is 9.15. The number of ether oxygens (including phenoxy) is 3. The van der Waals surface area contributed by atoms with Crippen molar-refractivity contribution in [3.8, 4) is 0 Å². The Morgan fingerprint density at radius 1 is 1.14 bits per heavy atom. The van der Waals surface area contributed by atoms with Gasteiger partial charge in [0.15, 0.2) is 5.96 Å². The number of benzene rings is 1. The van der Waals surface area contributed by atoms with E-state index >= 15 is 0 Å². The molecule has 1 fully saturated rings. The molecule has 0 aliphatic carbocycles. The lowest BCUT2D eigenvalue weighted by molar-refractivity contribution is 0.00990. The van der Waals surface area contributed by atoms with Gasteiger partial charge in [-0.15, -0.1) is 0 Å². The Morgan fingerprint density at radius 2 is 1.83 bits per heavy atom. The lowest BCUT2D eigenvalue weighted by atomic mass is 10.1. The minimum Gasteiger partial charge on any atom is -0.385 e. The van der Waals surface area contributed by atoms with Crippen LogP contribution >= 0.6 is 0 Å². The molecular formula is C23H39N3O3. The zero-order valence-electron chi connectivity index (χ0n) is 18.7. The molecule has 29 heavy (non-hydrogen) atoms. The summed E-state index contributed by atoms with van der Waals surface area (Å²) in [6.07, 6.45) is 3.65. The Bertz CT molecular complexity index is 582. The first-order valence-electron chi connectivity index (χ1n) is 11.0. The fourth-order valence-corrected chi connectivity index (χ4v) is 3.28. The Hall–Kier alpha value is -1.63. The molecule has 0 radical (unpaired) electrons. The number of rotatable bonds is 11. The average molecular weight is 406 g/mol. The fraction of sp³-hybridized carbons (Fsp3) is 0.696. The first-order chi connectivity index (χ1) is 14.1. The smallest absolute Gasteiger partial charge is 0.194 e. The zero-order valence-corrected chi connectivity index (χ0v) is 18.7. The molecule has 2 rings (SSSR count). The Labute approximate surface area is 176 Å². The van der Waals surface area contributed by atoms with Crippen molar-refractivity contribution in [3.05, 3.63) is 35.4 Å². The minimum atomic E-state index is 0.252. The maximum absolute atomic E-state index is 5.97. The second-order valence-electron chi connectivity index (χ2n) is 7.75. The SMILES string of the molecule is CCNC(=NCc1ccc(COC(C)C)cc1)N1CCC(OCCCOC)CC1. The zero-order chi connectivity index (χ0) is 20.9. The molecule has 6 heteroatoms. The average Bonchev–Trinajstić information content (AvgIpc) is 2.74. The van der Waals surface area contributed by atoms with Gasteiger partial charge < -0.3 is 24.4 Å². The molecule has 1 aromatic rings. The molecule has 0 unspecified atom stereocenters. The van der Waals surface area contributed by atoms with Crippen molar-refractivity contribution in [2.24, 2.45) is 4.99 Å². The molecule has 0 spiro atoms. The van der Waals surface area contributed by atoms with Crippen molar-refractivity contribution in [1.82, 2.24) is 10.2 Å². The summed E-state index contributed by atoms with van der Waals surface area (Å²) in [6, 6.07) is 8.55. The summed E-state index contributed by atoms with van der Waals surface area (Å²) in [6.45, 7) is 11.9. The second kappa shape index (κ2) is 13.6. The van der Waals surface area contributed by atoms with Crippen molar-refractivity contribution in [3.63, 3.8) is 0 Å². The second-order valence-corrected chi connectivity index (χ2v) is 7.75. The standard InChI is InChI=1S/C23H39N3O3/c1-5-24-23(26-13-11-22(12-14-26)28-16-6-15-27-4)25-17-20-7-9-21(10-8-20)18-29-19(2)3/h7-10,19,22H,5-6,11-18H2,1-4H3,(H,24,25). The number of methoxy groups -OCH3 is 1. The first-order valence-corrected chi connectivity index (χ1v) is 11.0. The minimum absolute atomic E-state index is 0.252. The third-order valence-corrected chi connectivity index (χ3v) is 4.94. The molecule has 164 valence electrons. The summed E-state index contributed by atoms with van der Waals surface area (Å²) in [5, 5.41) is 3.44. The van der Waals surface area contributed by atoms with Crippen LogP contribution in [0.5, 0.6) is 0 Å². The molecule has 1 aliphatic heterocycles. The molecular weight excluding hydrogens is 366 g/mol. The molecule has 0 aromatic heterocycles. The van der Waals surface area contributed by atoms with E-state index < -0.39 is 0 Å². The van der Waals surface area contributed by atoms with E-state index in [0.717, 1.165) is 58.1 Å². The molecule has 1 saturated heterocycles. The summed E-state index contributed by atoms with van der Waals surface area (Å²) >= 11 is 0. The highest BCUT2D eigenvalue weighted by atomic mass is 16.5. The van der Waals surface area contributed by atoms with Crippen molar-refractivity contribution >= 4 is 5.96 Å². The van der Waals surface area contributed by atoms with E-state index in [0.29, 0.717) is 19.3 Å². The van der Waals surface area contributed by atoms with E-state index in [2.05, 4.69) is 55.3 Å². The predicted octanol–water partition coefficient (Wildman–Crippen LogP) is 3.59. The van der Waals surface area contributed by atoms with Crippen LogP contribution in [0.15, 0.2) is 29.3 Å². The van der Waals surface area contributed by atoms with E-state index in [4.69, 9.17) is 19.2 Å². The lowest BCUT2D eigenvalue weighted by Crippen LogP contribution is -2.47. The van der Waals surface area contributed by atoms with Crippen LogP contribution in [0.3, 0.4) is 0 Å². The van der Waals surface area contributed by atoms with Crippen molar-refractivity contribution in [1.29, 1.82) is 0 Å². The predicted molar refractivity (Wildman–Crippen MR) is 118 cm³/mol. The topological polar surface area (TPSA) is 55.3 Å². The van der Waals surface area contributed by atoms with Crippen LogP contribution in [-0.2, 0) is 27.4 Å². The largest absolute Gasteiger partial charge is 0.385 e. The number of hydrogen-bond donors (Lipinski definition) is 1. The van der Waals surface area contributed by atoms with Crippen molar-refractivity contribution in [2.45, 2.75) is 65.4 Å². The summed E-state index contributed by atoms with van der Waals surface area (Å²) in [5.74, 6) is 0.998. The molecule has 6 nitrogen and oxygen atoms in total. The van der Waals surface area contributed by atoms with E-state index in [1.807, 2.05) is 0 Å². The Balaban J connectivity index is 1.82. The Morgan fingerprint density at radius 3 is 2.45 bits per heavy atom. The highest BCUT2D eigenvalue weighted by molar-refractivity contribution is 5.80. The van der Waals surface area contributed by atoms with Gasteiger partial charge in [0.2, 0.25) is 0 Å². The molecule has 1 N–H and O–H groups in total. The van der Waals surface area contributed by atoms with Gasteiger partial charge in [-0.05, 0) is 51.2 Å². The molecule has 0 amide bonds. The number of likely N-dealkylation sites (tertiary alicyclic amines) is 1. The number of hydrogen-bond acceptors (Lipinski definition) is 4. The van der Waals surface area contributed by atoms with E-state index in [1.54, 1.807) is 7.11 Å². The number of piperidine rings is 1. The summed E-state index contributed by atoms with van der Waals surface area (Å²) in [5.41, 5.74) is 2.41. The van der Waals surface area contributed by atoms with Crippen LogP contribution in [0.2, 0.25) is 0 Å². The Kier molecular flexibility index (Phi) is 11.1. The summed E-state index contributed by atoms with van der Waals surface area (Å²) < 4.78 is 16.7. The number of guanidine groups is 1. The maximum atomic E-state index is 5.97. The van der Waals surface area contributed by atoms with E-state index in [9.17, 15) is 0 Å². The highest BCUT2D eigenvalue weighted by Gasteiger charge is 2.21. The van der Waals surface area contributed by atoms with Gasteiger partial charge in [-0.2, -0.15) is 0 Å². The van der Waals surface area contributed by atoms with Crippen LogP contribution in [0.25, 0.3) is 0 Å². The van der Waals surface area contributed by atoms with Gasteiger partial charge in [0.25, 0.3) is 0 Å². The summed E-state index contributed by atoms with van der Waals surface area (Å²) in [4.78, 5) is 7.22. The van der Waals surface area contributed by atoms with Crippen molar-refractivity contribution < 1.29 is 14.2 Å². The lowest BCUT2D eigenvalue weighted by Gasteiger charge is -2.34. The molecule has 0 atom stereocenters. The van der Waals surface area contributed by atoms with Crippen molar-refractivity contribution in [2.75, 3.05) is 40.0 Å². The van der Waals surface area contributed by atoms with E-state index in [-0.39, 0.29) is 6.10 Å². The van der Waals surface area contributed by atoms with Crippen LogP contribution < -0.4 is 5.32 Å². The van der Waals surface area contributed by atoms with Gasteiger partial charge in [-0.1, -0.05) is 24.3 Å².